The molecule has 18 heavy (non-hydrogen) atoms. The van der Waals surface area contributed by atoms with Crippen molar-refractivity contribution >= 4 is 11.6 Å². The predicted molar refractivity (Wildman–Crippen MR) is 73.2 cm³/mol. The lowest BCUT2D eigenvalue weighted by Crippen LogP contribution is -2.29. The molecule has 0 unspecified atom stereocenters. The smallest absolute Gasteiger partial charge is 0.237 e. The van der Waals surface area contributed by atoms with E-state index < -0.39 is 0 Å². The van der Waals surface area contributed by atoms with Gasteiger partial charge in [-0.05, 0) is 50.5 Å². The molecule has 0 atom stereocenters. The van der Waals surface area contributed by atoms with Crippen molar-refractivity contribution < 1.29 is 4.74 Å². The molecule has 1 aromatic rings. The first-order chi connectivity index (χ1) is 8.39. The van der Waals surface area contributed by atoms with E-state index in [0.29, 0.717) is 16.4 Å². The number of ether oxygens (including phenoxy) is 1. The molecule has 3 nitrogen and oxygen atoms in total. The van der Waals surface area contributed by atoms with Gasteiger partial charge in [0.1, 0.15) is 6.10 Å². The van der Waals surface area contributed by atoms with E-state index in [2.05, 4.69) is 24.0 Å². The maximum atomic E-state index is 5.98. The number of nitrogens with zero attached hydrogens (tertiary/aromatic N) is 2. The molecule has 4 heteroatoms. The summed E-state index contributed by atoms with van der Waals surface area (Å²) < 4.78 is 5.98. The largest absolute Gasteiger partial charge is 0.473 e. The number of aromatic nitrogens is 2. The third-order valence-electron chi connectivity index (χ3n) is 3.99. The van der Waals surface area contributed by atoms with E-state index >= 15 is 0 Å². The monoisotopic (exact) mass is 268 g/mol. The lowest BCUT2D eigenvalue weighted by molar-refractivity contribution is 0.0933. The zero-order valence-corrected chi connectivity index (χ0v) is 12.3. The number of hydrogen-bond donors (Lipinski definition) is 0. The first-order valence-electron chi connectivity index (χ1n) is 6.55. The SMILES string of the molecule is Cc1c(Cl)nnc(OC2CCC(C)(C)CC2)c1C. The van der Waals surface area contributed by atoms with E-state index in [1.165, 1.54) is 12.8 Å². The second kappa shape index (κ2) is 5.04. The van der Waals surface area contributed by atoms with Crippen LogP contribution >= 0.6 is 11.6 Å². The normalized spacial score (nSPS) is 19.8. The van der Waals surface area contributed by atoms with Crippen LogP contribution in [0.1, 0.15) is 50.7 Å². The molecular weight excluding hydrogens is 248 g/mol. The molecule has 1 aliphatic rings. The van der Waals surface area contributed by atoms with E-state index in [4.69, 9.17) is 16.3 Å². The number of rotatable bonds is 2. The van der Waals surface area contributed by atoms with E-state index in [-0.39, 0.29) is 6.10 Å². The van der Waals surface area contributed by atoms with Crippen molar-refractivity contribution in [3.63, 3.8) is 0 Å². The highest BCUT2D eigenvalue weighted by Crippen LogP contribution is 2.36. The zero-order valence-electron chi connectivity index (χ0n) is 11.6. The van der Waals surface area contributed by atoms with Crippen LogP contribution in [0.15, 0.2) is 0 Å². The third kappa shape index (κ3) is 2.94. The summed E-state index contributed by atoms with van der Waals surface area (Å²) in [5.41, 5.74) is 2.41. The first kappa shape index (κ1) is 13.6. The Morgan fingerprint density at radius 2 is 1.72 bits per heavy atom. The van der Waals surface area contributed by atoms with Crippen molar-refractivity contribution in [1.29, 1.82) is 0 Å². The lowest BCUT2D eigenvalue weighted by Gasteiger charge is -2.34. The Morgan fingerprint density at radius 1 is 1.11 bits per heavy atom. The minimum absolute atomic E-state index is 0.270. The number of hydrogen-bond acceptors (Lipinski definition) is 3. The molecule has 100 valence electrons. The number of halogens is 1. The van der Waals surface area contributed by atoms with Gasteiger partial charge in [0.2, 0.25) is 5.88 Å². The van der Waals surface area contributed by atoms with Crippen LogP contribution in [-0.4, -0.2) is 16.3 Å². The summed E-state index contributed by atoms with van der Waals surface area (Å²) in [4.78, 5) is 0. The van der Waals surface area contributed by atoms with Gasteiger partial charge in [0.05, 0.1) is 0 Å². The van der Waals surface area contributed by atoms with Gasteiger partial charge in [-0.1, -0.05) is 25.4 Å². The summed E-state index contributed by atoms with van der Waals surface area (Å²) in [7, 11) is 0. The molecule has 1 heterocycles. The molecule has 2 rings (SSSR count). The Kier molecular flexibility index (Phi) is 3.81. The van der Waals surface area contributed by atoms with Crippen LogP contribution in [0.4, 0.5) is 0 Å². The van der Waals surface area contributed by atoms with Crippen molar-refractivity contribution in [3.8, 4) is 5.88 Å². The molecule has 0 bridgehead atoms. The van der Waals surface area contributed by atoms with Crippen molar-refractivity contribution in [2.45, 2.75) is 59.5 Å². The fourth-order valence-electron chi connectivity index (χ4n) is 2.31. The molecule has 0 saturated heterocycles. The Hall–Kier alpha value is -0.830. The van der Waals surface area contributed by atoms with Crippen LogP contribution in [0.2, 0.25) is 5.15 Å². The maximum Gasteiger partial charge on any atom is 0.237 e. The van der Waals surface area contributed by atoms with Gasteiger partial charge in [0.25, 0.3) is 0 Å². The minimum atomic E-state index is 0.270. The van der Waals surface area contributed by atoms with Crippen LogP contribution in [-0.2, 0) is 0 Å². The van der Waals surface area contributed by atoms with Gasteiger partial charge in [0.15, 0.2) is 5.15 Å². The summed E-state index contributed by atoms with van der Waals surface area (Å²) in [5, 5.41) is 8.45. The van der Waals surface area contributed by atoms with E-state index in [1.807, 2.05) is 13.8 Å². The summed E-state index contributed by atoms with van der Waals surface area (Å²) >= 11 is 5.94. The Labute approximate surface area is 114 Å². The van der Waals surface area contributed by atoms with Crippen LogP contribution in [0, 0.1) is 19.3 Å². The van der Waals surface area contributed by atoms with Gasteiger partial charge < -0.3 is 4.74 Å². The van der Waals surface area contributed by atoms with Gasteiger partial charge in [-0.25, -0.2) is 0 Å². The molecule has 0 aromatic carbocycles. The van der Waals surface area contributed by atoms with Crippen LogP contribution in [0.3, 0.4) is 0 Å². The fourth-order valence-corrected chi connectivity index (χ4v) is 2.49. The highest BCUT2D eigenvalue weighted by molar-refractivity contribution is 6.30. The topological polar surface area (TPSA) is 35.0 Å². The van der Waals surface area contributed by atoms with E-state index in [1.54, 1.807) is 0 Å². The Balaban J connectivity index is 2.05. The lowest BCUT2D eigenvalue weighted by atomic mass is 9.76. The van der Waals surface area contributed by atoms with E-state index in [0.717, 1.165) is 24.0 Å². The summed E-state index contributed by atoms with van der Waals surface area (Å²) in [5.74, 6) is 0.640. The summed E-state index contributed by atoms with van der Waals surface area (Å²) in [6.07, 6.45) is 4.87. The van der Waals surface area contributed by atoms with Crippen LogP contribution < -0.4 is 4.74 Å². The van der Waals surface area contributed by atoms with Gasteiger partial charge in [-0.15, -0.1) is 10.2 Å². The standard InChI is InChI=1S/C14H21ClN2O/c1-9-10(2)13(17-16-12(9)15)18-11-5-7-14(3,4)8-6-11/h11H,5-8H2,1-4H3. The third-order valence-corrected chi connectivity index (χ3v) is 4.34. The van der Waals surface area contributed by atoms with Gasteiger partial charge >= 0.3 is 0 Å². The second-order valence-electron chi connectivity index (χ2n) is 6.03. The Bertz CT molecular complexity index is 436. The average Bonchev–Trinajstić information content (AvgIpc) is 2.32. The van der Waals surface area contributed by atoms with Gasteiger partial charge in [-0.2, -0.15) is 0 Å². The molecule has 0 spiro atoms. The second-order valence-corrected chi connectivity index (χ2v) is 6.39. The van der Waals surface area contributed by atoms with Crippen molar-refractivity contribution in [1.82, 2.24) is 10.2 Å². The molecule has 0 aliphatic heterocycles. The van der Waals surface area contributed by atoms with Crippen LogP contribution in [0.5, 0.6) is 5.88 Å². The molecule has 0 N–H and O–H groups in total. The molecular formula is C14H21ClN2O. The predicted octanol–water partition coefficient (Wildman–Crippen LogP) is 4.09. The van der Waals surface area contributed by atoms with Crippen molar-refractivity contribution in [2.24, 2.45) is 5.41 Å². The van der Waals surface area contributed by atoms with E-state index in [9.17, 15) is 0 Å². The highest BCUT2D eigenvalue weighted by atomic mass is 35.5. The molecule has 1 fully saturated rings. The maximum absolute atomic E-state index is 5.98. The molecule has 1 aliphatic carbocycles. The summed E-state index contributed by atoms with van der Waals surface area (Å²) in [6, 6.07) is 0. The highest BCUT2D eigenvalue weighted by Gasteiger charge is 2.28. The molecule has 1 aromatic heterocycles. The zero-order chi connectivity index (χ0) is 13.3. The molecule has 0 radical (unpaired) electrons. The Morgan fingerprint density at radius 3 is 2.33 bits per heavy atom. The minimum Gasteiger partial charge on any atom is -0.473 e. The van der Waals surface area contributed by atoms with Crippen LogP contribution in [0.25, 0.3) is 0 Å². The quantitative estimate of drug-likeness (QED) is 0.810. The molecule has 1 saturated carbocycles. The first-order valence-corrected chi connectivity index (χ1v) is 6.93. The van der Waals surface area contributed by atoms with Crippen molar-refractivity contribution in [3.05, 3.63) is 16.3 Å². The van der Waals surface area contributed by atoms with Gasteiger partial charge in [0, 0.05) is 5.56 Å². The summed E-state index contributed by atoms with van der Waals surface area (Å²) in [6.45, 7) is 8.57. The average molecular weight is 269 g/mol. The van der Waals surface area contributed by atoms with Crippen molar-refractivity contribution in [2.75, 3.05) is 0 Å². The fraction of sp³-hybridized carbons (Fsp3) is 0.714. The molecule has 0 amide bonds. The van der Waals surface area contributed by atoms with Gasteiger partial charge in [-0.3, -0.25) is 0 Å².